The summed E-state index contributed by atoms with van der Waals surface area (Å²) in [5.41, 5.74) is -1.64. The molecule has 0 aliphatic rings. The van der Waals surface area contributed by atoms with Gasteiger partial charge in [0.2, 0.25) is 0 Å². The molecular formula is C10H5BF3N3O2. The lowest BCUT2D eigenvalue weighted by molar-refractivity contribution is -0.141. The highest BCUT2D eigenvalue weighted by atomic mass is 19.4. The van der Waals surface area contributed by atoms with Crippen LogP contribution in [0, 0.1) is 0 Å². The maximum absolute atomic E-state index is 12.5. The molecule has 0 aliphatic carbocycles. The van der Waals surface area contributed by atoms with Gasteiger partial charge in [-0.05, 0) is 6.07 Å². The summed E-state index contributed by atoms with van der Waals surface area (Å²) >= 11 is 0. The minimum absolute atomic E-state index is 0.0675. The van der Waals surface area contributed by atoms with E-state index in [-0.39, 0.29) is 5.82 Å². The Morgan fingerprint density at radius 1 is 1.37 bits per heavy atom. The minimum Gasteiger partial charge on any atom is -0.477 e. The number of hydrogen-bond donors (Lipinski definition) is 1. The van der Waals surface area contributed by atoms with Crippen molar-refractivity contribution >= 4 is 19.3 Å². The van der Waals surface area contributed by atoms with Gasteiger partial charge in [0.05, 0.1) is 0 Å². The van der Waals surface area contributed by atoms with Crippen LogP contribution >= 0.6 is 0 Å². The molecule has 19 heavy (non-hydrogen) atoms. The molecule has 0 unspecified atom stereocenters. The van der Waals surface area contributed by atoms with Crippen molar-refractivity contribution < 1.29 is 23.1 Å². The first-order valence-corrected chi connectivity index (χ1v) is 4.91. The predicted octanol–water partition coefficient (Wildman–Crippen LogP) is 0.778. The highest BCUT2D eigenvalue weighted by Crippen LogP contribution is 2.29. The zero-order chi connectivity index (χ0) is 14.2. The predicted molar refractivity (Wildman–Crippen MR) is 58.7 cm³/mol. The van der Waals surface area contributed by atoms with E-state index in [0.717, 1.165) is 0 Å². The average Bonchev–Trinajstić information content (AvgIpc) is 2.74. The lowest BCUT2D eigenvalue weighted by Gasteiger charge is -2.04. The molecule has 0 atom stereocenters. The zero-order valence-corrected chi connectivity index (χ0v) is 9.22. The lowest BCUT2D eigenvalue weighted by atomic mass is 9.99. The molecule has 2 aromatic rings. The molecule has 0 bridgehead atoms. The summed E-state index contributed by atoms with van der Waals surface area (Å²) in [6.07, 6.45) is -3.54. The second-order valence-corrected chi connectivity index (χ2v) is 3.58. The van der Waals surface area contributed by atoms with Gasteiger partial charge in [-0.25, -0.2) is 14.5 Å². The second-order valence-electron chi connectivity index (χ2n) is 3.58. The molecule has 0 saturated heterocycles. The molecule has 2 aromatic heterocycles. The molecule has 0 amide bonds. The van der Waals surface area contributed by atoms with Crippen molar-refractivity contribution in [3.63, 3.8) is 0 Å². The Morgan fingerprint density at radius 2 is 2.05 bits per heavy atom. The van der Waals surface area contributed by atoms with E-state index >= 15 is 0 Å². The molecule has 2 rings (SSSR count). The number of nitrogens with zero attached hydrogens (tertiary/aromatic N) is 3. The molecular weight excluding hydrogens is 262 g/mol. The summed E-state index contributed by atoms with van der Waals surface area (Å²) < 4.78 is 38.1. The van der Waals surface area contributed by atoms with Gasteiger partial charge in [-0.3, -0.25) is 0 Å². The van der Waals surface area contributed by atoms with Crippen LogP contribution in [-0.2, 0) is 6.18 Å². The number of carboxylic acid groups (broad SMARTS) is 1. The van der Waals surface area contributed by atoms with Crippen molar-refractivity contribution in [2.75, 3.05) is 0 Å². The van der Waals surface area contributed by atoms with Crippen molar-refractivity contribution in [2.45, 2.75) is 6.18 Å². The Bertz CT molecular complexity index is 622. The Labute approximate surface area is 106 Å². The molecule has 0 spiro atoms. The third-order valence-electron chi connectivity index (χ3n) is 2.21. The van der Waals surface area contributed by atoms with Crippen LogP contribution in [-0.4, -0.2) is 33.7 Å². The zero-order valence-electron chi connectivity index (χ0n) is 9.22. The lowest BCUT2D eigenvalue weighted by Crippen LogP contribution is -2.12. The number of halogens is 3. The Kier molecular flexibility index (Phi) is 3.05. The molecule has 9 heteroatoms. The monoisotopic (exact) mass is 267 g/mol. The fraction of sp³-hybridized carbons (Fsp3) is 0.100. The second kappa shape index (κ2) is 4.41. The standard InChI is InChI=1S/C10H5BF3N3O2/c11-5-1-2-8(15-4-5)17-6(9(18)19)3-7(16-17)10(12,13)14/h1-4H,(H,18,19). The van der Waals surface area contributed by atoms with Crippen LogP contribution in [0.3, 0.4) is 0 Å². The van der Waals surface area contributed by atoms with Crippen molar-refractivity contribution in [1.82, 2.24) is 14.8 Å². The number of carboxylic acids is 1. The van der Waals surface area contributed by atoms with Crippen LogP contribution in [0.15, 0.2) is 24.4 Å². The highest BCUT2D eigenvalue weighted by molar-refractivity contribution is 6.32. The van der Waals surface area contributed by atoms with Gasteiger partial charge in [0.25, 0.3) is 0 Å². The first-order chi connectivity index (χ1) is 8.79. The SMILES string of the molecule is [B]c1ccc(-n2nc(C(F)(F)F)cc2C(=O)O)nc1. The Morgan fingerprint density at radius 3 is 2.53 bits per heavy atom. The maximum Gasteiger partial charge on any atom is 0.435 e. The minimum atomic E-state index is -4.73. The summed E-state index contributed by atoms with van der Waals surface area (Å²) in [7, 11) is 5.39. The molecule has 1 N–H and O–H groups in total. The summed E-state index contributed by atoms with van der Waals surface area (Å²) in [6.45, 7) is 0. The molecule has 2 radical (unpaired) electrons. The van der Waals surface area contributed by atoms with Gasteiger partial charge < -0.3 is 5.11 Å². The number of pyridine rings is 1. The Balaban J connectivity index is 2.58. The smallest absolute Gasteiger partial charge is 0.435 e. The van der Waals surface area contributed by atoms with Gasteiger partial charge in [-0.15, -0.1) is 0 Å². The fourth-order valence-corrected chi connectivity index (χ4v) is 1.37. The summed E-state index contributed by atoms with van der Waals surface area (Å²) in [5.74, 6) is -1.61. The van der Waals surface area contributed by atoms with Crippen molar-refractivity contribution in [3.05, 3.63) is 35.8 Å². The van der Waals surface area contributed by atoms with Crippen molar-refractivity contribution in [1.29, 1.82) is 0 Å². The first-order valence-electron chi connectivity index (χ1n) is 4.91. The molecule has 0 aromatic carbocycles. The quantitative estimate of drug-likeness (QED) is 0.816. The van der Waals surface area contributed by atoms with Crippen LogP contribution in [0.2, 0.25) is 0 Å². The van der Waals surface area contributed by atoms with E-state index in [1.54, 1.807) is 0 Å². The van der Waals surface area contributed by atoms with Gasteiger partial charge in [-0.1, -0.05) is 11.5 Å². The summed E-state index contributed by atoms with van der Waals surface area (Å²) in [4.78, 5) is 14.7. The van der Waals surface area contributed by atoms with E-state index in [0.29, 0.717) is 16.2 Å². The fourth-order valence-electron chi connectivity index (χ4n) is 1.37. The third-order valence-corrected chi connectivity index (χ3v) is 2.21. The number of hydrogen-bond acceptors (Lipinski definition) is 3. The molecule has 0 saturated carbocycles. The number of rotatable bonds is 2. The number of aromatic nitrogens is 3. The largest absolute Gasteiger partial charge is 0.477 e. The number of carbonyl (C=O) groups is 1. The van der Waals surface area contributed by atoms with E-state index < -0.39 is 23.5 Å². The van der Waals surface area contributed by atoms with Crippen molar-refractivity contribution in [2.24, 2.45) is 0 Å². The van der Waals surface area contributed by atoms with E-state index in [1.165, 1.54) is 18.3 Å². The van der Waals surface area contributed by atoms with Crippen LogP contribution in [0.4, 0.5) is 13.2 Å². The third kappa shape index (κ3) is 2.59. The van der Waals surface area contributed by atoms with Gasteiger partial charge in [0, 0.05) is 12.3 Å². The van der Waals surface area contributed by atoms with Crippen LogP contribution in [0.1, 0.15) is 16.2 Å². The van der Waals surface area contributed by atoms with Gasteiger partial charge in [0.15, 0.2) is 17.2 Å². The van der Waals surface area contributed by atoms with E-state index in [4.69, 9.17) is 13.0 Å². The van der Waals surface area contributed by atoms with Gasteiger partial charge >= 0.3 is 12.1 Å². The van der Waals surface area contributed by atoms with Gasteiger partial charge in [0.1, 0.15) is 7.85 Å². The first kappa shape index (κ1) is 13.1. The summed E-state index contributed by atoms with van der Waals surface area (Å²) in [5, 5.41) is 12.1. The van der Waals surface area contributed by atoms with E-state index in [9.17, 15) is 18.0 Å². The number of aromatic carboxylic acids is 1. The van der Waals surface area contributed by atoms with Crippen molar-refractivity contribution in [3.8, 4) is 5.82 Å². The van der Waals surface area contributed by atoms with Crippen LogP contribution in [0.5, 0.6) is 0 Å². The highest BCUT2D eigenvalue weighted by Gasteiger charge is 2.36. The molecule has 2 heterocycles. The number of alkyl halides is 3. The van der Waals surface area contributed by atoms with Crippen LogP contribution < -0.4 is 5.46 Å². The summed E-state index contributed by atoms with van der Waals surface area (Å²) in [6, 6.07) is 3.10. The topological polar surface area (TPSA) is 68.0 Å². The molecule has 5 nitrogen and oxygen atoms in total. The maximum atomic E-state index is 12.5. The van der Waals surface area contributed by atoms with Gasteiger partial charge in [-0.2, -0.15) is 18.3 Å². The Hall–Kier alpha value is -2.32. The molecule has 0 fully saturated rings. The van der Waals surface area contributed by atoms with E-state index in [2.05, 4.69) is 10.1 Å². The average molecular weight is 267 g/mol. The molecule has 96 valence electrons. The molecule has 0 aliphatic heterocycles. The van der Waals surface area contributed by atoms with E-state index in [1.807, 2.05) is 0 Å². The van der Waals surface area contributed by atoms with Crippen LogP contribution in [0.25, 0.3) is 5.82 Å². The normalized spacial score (nSPS) is 11.5.